The highest BCUT2D eigenvalue weighted by Gasteiger charge is 2.81. The van der Waals surface area contributed by atoms with E-state index >= 15 is 0 Å². The molecular weight excluding hydrogens is 592 g/mol. The maximum absolute atomic E-state index is 13.6. The molecule has 12 atom stereocenters. The van der Waals surface area contributed by atoms with Crippen LogP contribution in [0.4, 0.5) is 0 Å². The van der Waals surface area contributed by atoms with E-state index in [9.17, 15) is 24.3 Å². The lowest BCUT2D eigenvalue weighted by Crippen LogP contribution is -2.73. The van der Waals surface area contributed by atoms with Crippen molar-refractivity contribution in [2.75, 3.05) is 20.3 Å². The number of hydrogen-bond acceptors (Lipinski definition) is 13. The monoisotopic (exact) mass is 638 g/mol. The third kappa shape index (κ3) is 5.38. The molecule has 5 rings (SSSR count). The average molecular weight is 639 g/mol. The molecule has 252 valence electrons. The highest BCUT2D eigenvalue weighted by molar-refractivity contribution is 5.82. The zero-order valence-electron chi connectivity index (χ0n) is 27.3. The van der Waals surface area contributed by atoms with Gasteiger partial charge in [-0.1, -0.05) is 19.4 Å². The van der Waals surface area contributed by atoms with Gasteiger partial charge in [0.15, 0.2) is 18.7 Å². The van der Waals surface area contributed by atoms with E-state index < -0.39 is 76.4 Å². The highest BCUT2D eigenvalue weighted by Crippen LogP contribution is 2.69. The van der Waals surface area contributed by atoms with Gasteiger partial charge in [0.25, 0.3) is 0 Å². The largest absolute Gasteiger partial charge is 0.465 e. The second-order valence-electron chi connectivity index (χ2n) is 13.5. The van der Waals surface area contributed by atoms with E-state index in [4.69, 9.17) is 37.9 Å². The molecule has 2 aliphatic carbocycles. The van der Waals surface area contributed by atoms with E-state index in [2.05, 4.69) is 0 Å². The Kier molecular flexibility index (Phi) is 8.93. The van der Waals surface area contributed by atoms with Crippen molar-refractivity contribution in [2.45, 2.75) is 122 Å². The third-order valence-electron chi connectivity index (χ3n) is 11.1. The number of aliphatic hydroxyl groups is 1. The average Bonchev–Trinajstić information content (AvgIpc) is 3.50. The summed E-state index contributed by atoms with van der Waals surface area (Å²) in [4.78, 5) is 50.4. The minimum absolute atomic E-state index is 0.0202. The van der Waals surface area contributed by atoms with Crippen LogP contribution < -0.4 is 0 Å². The van der Waals surface area contributed by atoms with Crippen molar-refractivity contribution >= 4 is 23.9 Å². The molecule has 0 bridgehead atoms. The fraction of sp³-hybridized carbons (Fsp3) is 0.812. The molecule has 4 fully saturated rings. The number of methoxy groups -OCH3 is 1. The summed E-state index contributed by atoms with van der Waals surface area (Å²) in [6, 6.07) is 0. The molecule has 0 aromatic rings. The fourth-order valence-corrected chi connectivity index (χ4v) is 8.37. The minimum atomic E-state index is -1.62. The first-order valence-electron chi connectivity index (χ1n) is 15.6. The maximum Gasteiger partial charge on any atom is 0.350 e. The van der Waals surface area contributed by atoms with Crippen molar-refractivity contribution in [3.05, 3.63) is 11.6 Å². The van der Waals surface area contributed by atoms with Gasteiger partial charge in [0.1, 0.15) is 18.3 Å². The summed E-state index contributed by atoms with van der Waals surface area (Å²) in [5.41, 5.74) is -4.25. The van der Waals surface area contributed by atoms with Gasteiger partial charge in [-0.15, -0.1) is 0 Å². The topological polar surface area (TPSA) is 166 Å². The minimum Gasteiger partial charge on any atom is -0.465 e. The van der Waals surface area contributed by atoms with Gasteiger partial charge in [-0.3, -0.25) is 14.4 Å². The number of aliphatic hydroxyl groups excluding tert-OH is 1. The Hall–Kier alpha value is -2.58. The quantitative estimate of drug-likeness (QED) is 0.169. The molecule has 13 heteroatoms. The second-order valence-corrected chi connectivity index (χ2v) is 13.5. The van der Waals surface area contributed by atoms with Crippen LogP contribution in [0.5, 0.6) is 0 Å². The number of rotatable bonds is 9. The first kappa shape index (κ1) is 33.8. The maximum atomic E-state index is 13.6. The van der Waals surface area contributed by atoms with Gasteiger partial charge in [-0.25, -0.2) is 4.79 Å². The Morgan fingerprint density at radius 1 is 1.04 bits per heavy atom. The first-order chi connectivity index (χ1) is 21.1. The number of ether oxygens (including phenoxy) is 8. The predicted molar refractivity (Wildman–Crippen MR) is 153 cm³/mol. The Bertz CT molecular complexity index is 1230. The lowest BCUT2D eigenvalue weighted by Gasteiger charge is -2.62. The van der Waals surface area contributed by atoms with Crippen LogP contribution in [0, 0.1) is 22.7 Å². The Morgan fingerprint density at radius 3 is 2.27 bits per heavy atom. The van der Waals surface area contributed by atoms with Crippen LogP contribution in [-0.4, -0.2) is 97.5 Å². The normalized spacial score (nSPS) is 42.9. The summed E-state index contributed by atoms with van der Waals surface area (Å²) in [6.45, 7) is 10.6. The Balaban J connectivity index is 1.60. The zero-order chi connectivity index (χ0) is 33.1. The van der Waals surface area contributed by atoms with Crippen molar-refractivity contribution in [3.63, 3.8) is 0 Å². The molecule has 5 aliphatic rings. The van der Waals surface area contributed by atoms with E-state index in [-0.39, 0.29) is 44.4 Å². The van der Waals surface area contributed by atoms with Crippen molar-refractivity contribution < 1.29 is 62.2 Å². The van der Waals surface area contributed by atoms with Crippen LogP contribution in [0.1, 0.15) is 74.1 Å². The van der Waals surface area contributed by atoms with Crippen molar-refractivity contribution in [1.82, 2.24) is 0 Å². The molecule has 3 aliphatic heterocycles. The Morgan fingerprint density at radius 2 is 1.73 bits per heavy atom. The van der Waals surface area contributed by atoms with Crippen LogP contribution in [-0.2, 0) is 57.1 Å². The molecule has 1 saturated carbocycles. The molecule has 0 aromatic carbocycles. The molecule has 45 heavy (non-hydrogen) atoms. The van der Waals surface area contributed by atoms with Crippen molar-refractivity contribution in [2.24, 2.45) is 22.7 Å². The van der Waals surface area contributed by atoms with Gasteiger partial charge in [0, 0.05) is 45.6 Å². The number of fused-ring (bicyclic) bond motifs is 3. The van der Waals surface area contributed by atoms with Crippen LogP contribution in [0.3, 0.4) is 0 Å². The SMILES string of the molecule is CC[C@](C)(OC(C)=O)C(=O)O[C@H]1[C@H](O)C[C@H]2[C@](COC(C)=O)([C@@H](OC(C)=O)C=C(C)[C@]2(C)C2C[C@H]3C[C@@H](OC)O[C@H]3O2)[C@@]12CO2. The molecule has 1 N–H and O–H groups in total. The summed E-state index contributed by atoms with van der Waals surface area (Å²) >= 11 is 0. The molecule has 0 amide bonds. The van der Waals surface area contributed by atoms with Crippen molar-refractivity contribution in [3.8, 4) is 0 Å². The third-order valence-corrected chi connectivity index (χ3v) is 11.1. The lowest BCUT2D eigenvalue weighted by molar-refractivity contribution is -0.258. The molecule has 13 nitrogen and oxygen atoms in total. The summed E-state index contributed by atoms with van der Waals surface area (Å²) in [6.07, 6.45) is -1.34. The van der Waals surface area contributed by atoms with Gasteiger partial charge in [-0.05, 0) is 45.1 Å². The van der Waals surface area contributed by atoms with Gasteiger partial charge in [-0.2, -0.15) is 0 Å². The summed E-state index contributed by atoms with van der Waals surface area (Å²) in [7, 11) is 1.59. The standard InChI is InChI=1S/C32H46O13/c1-9-29(6,45-19(5)35)28(37)44-26-21(36)13-22-30(7,23-11-20-12-25(38-8)43-27(20)42-23)16(2)10-24(41-18(4)34)31(22,14-39-17(3)33)32(26)15-40-32/h10,20-27,36H,9,11-15H2,1-8H3/t20-,21+,22+,23?,24-,25-,26-,27+,29-,30-,31+,32+/m0/s1. The summed E-state index contributed by atoms with van der Waals surface area (Å²) in [5.74, 6) is -3.11. The molecule has 3 saturated heterocycles. The fourth-order valence-electron chi connectivity index (χ4n) is 8.37. The zero-order valence-corrected chi connectivity index (χ0v) is 27.3. The van der Waals surface area contributed by atoms with Crippen LogP contribution in [0.25, 0.3) is 0 Å². The molecule has 0 aromatic heterocycles. The van der Waals surface area contributed by atoms with Gasteiger partial charge < -0.3 is 43.0 Å². The molecule has 3 heterocycles. The number of esters is 4. The number of hydrogen-bond donors (Lipinski definition) is 1. The second kappa shape index (κ2) is 11.9. The van der Waals surface area contributed by atoms with E-state index in [0.717, 1.165) is 5.57 Å². The van der Waals surface area contributed by atoms with Gasteiger partial charge in [0.05, 0.1) is 24.2 Å². The first-order valence-corrected chi connectivity index (χ1v) is 15.6. The molecule has 1 spiro atoms. The lowest BCUT2D eigenvalue weighted by atomic mass is 9.44. The van der Waals surface area contributed by atoms with E-state index in [0.29, 0.717) is 12.8 Å². The van der Waals surface area contributed by atoms with Gasteiger partial charge >= 0.3 is 23.9 Å². The predicted octanol–water partition coefficient (Wildman–Crippen LogP) is 2.35. The Labute approximate surface area is 263 Å². The number of carbonyl (C=O) groups excluding carboxylic acids is 4. The van der Waals surface area contributed by atoms with E-state index in [1.807, 2.05) is 19.9 Å². The van der Waals surface area contributed by atoms with Crippen molar-refractivity contribution in [1.29, 1.82) is 0 Å². The number of epoxide rings is 1. The molecule has 0 radical (unpaired) electrons. The number of carbonyl (C=O) groups is 4. The summed E-state index contributed by atoms with van der Waals surface area (Å²) < 4.78 is 47.2. The van der Waals surface area contributed by atoms with Crippen LogP contribution in [0.15, 0.2) is 11.6 Å². The van der Waals surface area contributed by atoms with Crippen LogP contribution >= 0.6 is 0 Å². The highest BCUT2D eigenvalue weighted by atomic mass is 16.8. The van der Waals surface area contributed by atoms with Gasteiger partial charge in [0.2, 0.25) is 5.60 Å². The van der Waals surface area contributed by atoms with E-state index in [1.54, 1.807) is 14.0 Å². The molecular formula is C32H46O13. The smallest absolute Gasteiger partial charge is 0.350 e. The van der Waals surface area contributed by atoms with Crippen LogP contribution in [0.2, 0.25) is 0 Å². The molecule has 1 unspecified atom stereocenters. The van der Waals surface area contributed by atoms with E-state index in [1.165, 1.54) is 27.7 Å². The summed E-state index contributed by atoms with van der Waals surface area (Å²) in [5, 5.41) is 11.8.